The van der Waals surface area contributed by atoms with E-state index in [1.54, 1.807) is 11.8 Å². The van der Waals surface area contributed by atoms with E-state index in [9.17, 15) is 17.6 Å². The summed E-state index contributed by atoms with van der Waals surface area (Å²) in [5.74, 6) is 0.0291. The number of amides is 1. The van der Waals surface area contributed by atoms with Gasteiger partial charge in [0.25, 0.3) is 0 Å². The van der Waals surface area contributed by atoms with Gasteiger partial charge in [-0.05, 0) is 61.7 Å². The van der Waals surface area contributed by atoms with Crippen molar-refractivity contribution in [3.05, 3.63) is 95.2 Å². The number of hydrogen-bond donors (Lipinski definition) is 0. The van der Waals surface area contributed by atoms with Crippen LogP contribution in [0.4, 0.5) is 10.1 Å². The normalized spacial score (nSPS) is 17.2. The molecule has 6 nitrogen and oxygen atoms in total. The first kappa shape index (κ1) is 24.9. The Morgan fingerprint density at radius 2 is 1.97 bits per heavy atom. The maximum Gasteiger partial charge on any atom is 0.243 e. The summed E-state index contributed by atoms with van der Waals surface area (Å²) in [6.07, 6.45) is 5.10. The van der Waals surface area contributed by atoms with Gasteiger partial charge in [0.05, 0.1) is 11.4 Å². The third-order valence-corrected chi connectivity index (χ3v) is 8.01. The van der Waals surface area contributed by atoms with Crippen molar-refractivity contribution in [2.24, 2.45) is 5.92 Å². The molecule has 2 aliphatic rings. The minimum atomic E-state index is -3.95. The van der Waals surface area contributed by atoms with Gasteiger partial charge in [0.2, 0.25) is 15.9 Å². The van der Waals surface area contributed by atoms with E-state index >= 15 is 0 Å². The van der Waals surface area contributed by atoms with Gasteiger partial charge in [-0.15, -0.1) is 0 Å². The Bertz CT molecular complexity index is 1270. The molecular weight excluding hydrogens is 467 g/mol. The minimum absolute atomic E-state index is 0.0586. The standard InChI is InChI=1S/C27H29FN2O4S/c1-3-23(28)17-25(4-2)35(32,33)29-14-15-34-26-13-10-20(16-22(26)19-29)18-30(27(31)21-11-12-21)24-8-6-5-7-9-24/h3-10,13,16-17,21H,1,11-12,14-15,18-19H2,2H3. The number of ether oxygens (including phenoxy) is 1. The highest BCUT2D eigenvalue weighted by molar-refractivity contribution is 7.93. The molecule has 2 aromatic rings. The summed E-state index contributed by atoms with van der Waals surface area (Å²) in [5, 5.41) is 0. The number of hydrogen-bond acceptors (Lipinski definition) is 4. The molecule has 8 heteroatoms. The zero-order valence-corrected chi connectivity index (χ0v) is 20.5. The number of allylic oxidation sites excluding steroid dienone is 4. The Kier molecular flexibility index (Phi) is 7.52. The second-order valence-corrected chi connectivity index (χ2v) is 10.5. The van der Waals surface area contributed by atoms with Gasteiger partial charge in [-0.2, -0.15) is 4.31 Å². The van der Waals surface area contributed by atoms with E-state index in [0.29, 0.717) is 17.9 Å². The molecule has 0 bridgehead atoms. The molecule has 4 rings (SSSR count). The van der Waals surface area contributed by atoms with Crippen molar-refractivity contribution in [1.29, 1.82) is 0 Å². The Morgan fingerprint density at radius 1 is 1.23 bits per heavy atom. The van der Waals surface area contributed by atoms with Crippen molar-refractivity contribution in [3.8, 4) is 5.75 Å². The first-order chi connectivity index (χ1) is 16.8. The van der Waals surface area contributed by atoms with E-state index in [2.05, 4.69) is 6.58 Å². The fourth-order valence-corrected chi connectivity index (χ4v) is 5.50. The first-order valence-corrected chi connectivity index (χ1v) is 13.0. The maximum atomic E-state index is 13.8. The second-order valence-electron chi connectivity index (χ2n) is 8.59. The number of sulfonamides is 1. The quantitative estimate of drug-likeness (QED) is 0.477. The Morgan fingerprint density at radius 3 is 2.63 bits per heavy atom. The molecule has 2 aromatic carbocycles. The first-order valence-electron chi connectivity index (χ1n) is 11.6. The predicted molar refractivity (Wildman–Crippen MR) is 135 cm³/mol. The highest BCUT2D eigenvalue weighted by Crippen LogP contribution is 2.34. The number of carbonyl (C=O) groups is 1. The van der Waals surface area contributed by atoms with Crippen molar-refractivity contribution in [2.75, 3.05) is 18.1 Å². The minimum Gasteiger partial charge on any atom is -0.492 e. The number of fused-ring (bicyclic) bond motifs is 1. The van der Waals surface area contributed by atoms with Crippen LogP contribution in [0.1, 0.15) is 30.9 Å². The zero-order valence-electron chi connectivity index (χ0n) is 19.7. The van der Waals surface area contributed by atoms with Crippen LogP contribution in [0.15, 0.2) is 84.1 Å². The van der Waals surface area contributed by atoms with Gasteiger partial charge in [-0.1, -0.05) is 36.9 Å². The van der Waals surface area contributed by atoms with Gasteiger partial charge >= 0.3 is 0 Å². The second kappa shape index (κ2) is 10.6. The number of rotatable bonds is 8. The highest BCUT2D eigenvalue weighted by atomic mass is 32.2. The van der Waals surface area contributed by atoms with Crippen LogP contribution in [-0.4, -0.2) is 31.8 Å². The van der Waals surface area contributed by atoms with Crippen LogP contribution in [-0.2, 0) is 27.9 Å². The third kappa shape index (κ3) is 5.71. The zero-order chi connectivity index (χ0) is 25.0. The molecule has 1 aliphatic heterocycles. The molecule has 1 saturated carbocycles. The fraction of sp³-hybridized carbons (Fsp3) is 0.296. The number of para-hydroxylation sites is 1. The summed E-state index contributed by atoms with van der Waals surface area (Å²) >= 11 is 0. The Balaban J connectivity index is 1.61. The van der Waals surface area contributed by atoms with E-state index in [1.165, 1.54) is 10.4 Å². The van der Waals surface area contributed by atoms with Crippen molar-refractivity contribution in [3.63, 3.8) is 0 Å². The monoisotopic (exact) mass is 496 g/mol. The van der Waals surface area contributed by atoms with Crippen molar-refractivity contribution in [2.45, 2.75) is 32.9 Å². The lowest BCUT2D eigenvalue weighted by molar-refractivity contribution is -0.119. The third-order valence-electron chi connectivity index (χ3n) is 6.07. The Hall–Kier alpha value is -3.23. The van der Waals surface area contributed by atoms with Gasteiger partial charge in [0.15, 0.2) is 0 Å². The summed E-state index contributed by atoms with van der Waals surface area (Å²) in [4.78, 5) is 14.7. The maximum absolute atomic E-state index is 13.8. The Labute approximate surface area is 206 Å². The summed E-state index contributed by atoms with van der Waals surface area (Å²) in [6.45, 7) is 5.64. The molecule has 184 valence electrons. The lowest BCUT2D eigenvalue weighted by Gasteiger charge is -2.24. The lowest BCUT2D eigenvalue weighted by Crippen LogP contribution is -2.33. The summed E-state index contributed by atoms with van der Waals surface area (Å²) < 4.78 is 47.4. The van der Waals surface area contributed by atoms with Crippen molar-refractivity contribution < 1.29 is 22.3 Å². The van der Waals surface area contributed by atoms with Crippen LogP contribution in [0.5, 0.6) is 5.75 Å². The number of anilines is 1. The summed E-state index contributed by atoms with van der Waals surface area (Å²) in [7, 11) is -3.95. The SMILES string of the molecule is C=CC(F)=CC(=CC)S(=O)(=O)N1CCOc2ccc(CN(C(=O)C3CC3)c3ccccc3)cc2C1. The van der Waals surface area contributed by atoms with E-state index in [0.717, 1.165) is 36.2 Å². The number of benzene rings is 2. The molecular formula is C27H29FN2O4S. The molecule has 0 radical (unpaired) electrons. The smallest absolute Gasteiger partial charge is 0.243 e. The molecule has 1 heterocycles. The highest BCUT2D eigenvalue weighted by Gasteiger charge is 2.34. The van der Waals surface area contributed by atoms with Gasteiger partial charge in [-0.25, -0.2) is 12.8 Å². The van der Waals surface area contributed by atoms with Gasteiger partial charge in [0.1, 0.15) is 18.2 Å². The average Bonchev–Trinajstić information content (AvgIpc) is 3.72. The molecule has 0 N–H and O–H groups in total. The molecule has 0 unspecified atom stereocenters. The number of nitrogens with zero attached hydrogens (tertiary/aromatic N) is 2. The molecule has 1 fully saturated rings. The van der Waals surface area contributed by atoms with Crippen LogP contribution >= 0.6 is 0 Å². The van der Waals surface area contributed by atoms with Crippen LogP contribution in [0, 0.1) is 5.92 Å². The number of carbonyl (C=O) groups excluding carboxylic acids is 1. The summed E-state index contributed by atoms with van der Waals surface area (Å²) in [5.41, 5.74) is 2.39. The van der Waals surface area contributed by atoms with Crippen LogP contribution in [0.25, 0.3) is 0 Å². The lowest BCUT2D eigenvalue weighted by atomic mass is 10.1. The molecule has 0 aromatic heterocycles. The molecule has 0 atom stereocenters. The molecule has 0 saturated heterocycles. The van der Waals surface area contributed by atoms with Gasteiger partial charge < -0.3 is 9.64 Å². The van der Waals surface area contributed by atoms with Crippen LogP contribution in [0.2, 0.25) is 0 Å². The fourth-order valence-electron chi connectivity index (χ4n) is 4.02. The predicted octanol–water partition coefficient (Wildman–Crippen LogP) is 5.10. The van der Waals surface area contributed by atoms with Crippen LogP contribution < -0.4 is 9.64 Å². The topological polar surface area (TPSA) is 66.9 Å². The molecule has 35 heavy (non-hydrogen) atoms. The average molecular weight is 497 g/mol. The van der Waals surface area contributed by atoms with E-state index < -0.39 is 15.9 Å². The van der Waals surface area contributed by atoms with E-state index in [4.69, 9.17) is 4.74 Å². The number of halogens is 1. The molecule has 0 spiro atoms. The molecule has 1 amide bonds. The van der Waals surface area contributed by atoms with Crippen molar-refractivity contribution in [1.82, 2.24) is 4.31 Å². The van der Waals surface area contributed by atoms with E-state index in [-0.39, 0.29) is 36.4 Å². The van der Waals surface area contributed by atoms with E-state index in [1.807, 2.05) is 48.5 Å². The van der Waals surface area contributed by atoms with Gasteiger partial charge in [0, 0.05) is 30.3 Å². The van der Waals surface area contributed by atoms with Crippen molar-refractivity contribution >= 4 is 21.6 Å². The summed E-state index contributed by atoms with van der Waals surface area (Å²) in [6, 6.07) is 15.1. The van der Waals surface area contributed by atoms with Crippen LogP contribution in [0.3, 0.4) is 0 Å². The van der Waals surface area contributed by atoms with Gasteiger partial charge in [-0.3, -0.25) is 4.79 Å². The largest absolute Gasteiger partial charge is 0.492 e. The molecule has 1 aliphatic carbocycles.